The van der Waals surface area contributed by atoms with E-state index in [2.05, 4.69) is 20.5 Å². The fourth-order valence-corrected chi connectivity index (χ4v) is 3.65. The van der Waals surface area contributed by atoms with E-state index in [4.69, 9.17) is 0 Å². The Hall–Kier alpha value is -2.72. The van der Waals surface area contributed by atoms with Crippen LogP contribution in [0, 0.1) is 5.92 Å². The number of hydrogen-bond donors (Lipinski definition) is 3. The molecule has 156 valence electrons. The van der Waals surface area contributed by atoms with Crippen molar-refractivity contribution in [1.82, 2.24) is 25.3 Å². The predicted octanol–water partition coefficient (Wildman–Crippen LogP) is 2.02. The van der Waals surface area contributed by atoms with Crippen molar-refractivity contribution in [3.05, 3.63) is 57.9 Å². The predicted molar refractivity (Wildman–Crippen MR) is 101 cm³/mol. The zero-order chi connectivity index (χ0) is 20.4. The van der Waals surface area contributed by atoms with Gasteiger partial charge in [-0.3, -0.25) is 4.57 Å². The van der Waals surface area contributed by atoms with Gasteiger partial charge in [0, 0.05) is 18.3 Å². The van der Waals surface area contributed by atoms with Gasteiger partial charge in [0.05, 0.1) is 24.5 Å². The molecule has 0 saturated carbocycles. The molecule has 29 heavy (non-hydrogen) atoms. The number of aromatic amines is 1. The molecular weight excluding hydrogens is 387 g/mol. The van der Waals surface area contributed by atoms with Gasteiger partial charge in [-0.1, -0.05) is 18.2 Å². The Morgan fingerprint density at radius 2 is 2.10 bits per heavy atom. The third kappa shape index (κ3) is 4.65. The van der Waals surface area contributed by atoms with Crippen molar-refractivity contribution in [3.63, 3.8) is 0 Å². The van der Waals surface area contributed by atoms with Crippen LogP contribution in [0.15, 0.2) is 35.3 Å². The van der Waals surface area contributed by atoms with Crippen LogP contribution < -0.4 is 21.2 Å². The number of nitrogens with zero attached hydrogens (tertiary/aromatic N) is 2. The number of rotatable bonds is 6. The van der Waals surface area contributed by atoms with Crippen LogP contribution in [-0.2, 0) is 13.1 Å². The van der Waals surface area contributed by atoms with E-state index < -0.39 is 6.36 Å². The largest absolute Gasteiger partial charge is 0.573 e. The second kappa shape index (κ2) is 7.96. The summed E-state index contributed by atoms with van der Waals surface area (Å²) in [6.07, 6.45) is -0.0434. The zero-order valence-electron chi connectivity index (χ0n) is 15.6. The number of benzene rings is 1. The van der Waals surface area contributed by atoms with Crippen LogP contribution in [0.2, 0.25) is 0 Å². The molecule has 10 heteroatoms. The van der Waals surface area contributed by atoms with E-state index in [1.807, 2.05) is 11.2 Å². The fourth-order valence-electron chi connectivity index (χ4n) is 3.65. The van der Waals surface area contributed by atoms with Gasteiger partial charge in [0.25, 0.3) is 0 Å². The fraction of sp³-hybridized carbons (Fsp3) is 0.421. The minimum atomic E-state index is -4.79. The summed E-state index contributed by atoms with van der Waals surface area (Å²) >= 11 is 0. The lowest BCUT2D eigenvalue weighted by Gasteiger charge is -2.26. The molecule has 3 N–H and O–H groups in total. The summed E-state index contributed by atoms with van der Waals surface area (Å²) in [4.78, 5) is 15.2. The number of H-pyrrole nitrogens is 1. The van der Waals surface area contributed by atoms with Gasteiger partial charge in [0.1, 0.15) is 5.75 Å². The molecule has 3 heterocycles. The van der Waals surface area contributed by atoms with Crippen LogP contribution in [0.5, 0.6) is 5.75 Å². The van der Waals surface area contributed by atoms with E-state index in [0.717, 1.165) is 26.1 Å². The van der Waals surface area contributed by atoms with Crippen molar-refractivity contribution in [2.24, 2.45) is 5.92 Å². The quantitative estimate of drug-likeness (QED) is 0.681. The van der Waals surface area contributed by atoms with Gasteiger partial charge in [-0.2, -0.15) is 0 Å². The molecule has 0 bridgehead atoms. The molecule has 2 aromatic rings. The molecule has 0 amide bonds. The number of para-hydroxylation sites is 1. The second-order valence-electron chi connectivity index (χ2n) is 7.20. The lowest BCUT2D eigenvalue weighted by atomic mass is 10.1. The van der Waals surface area contributed by atoms with Crippen molar-refractivity contribution >= 4 is 6.08 Å². The SMILES string of the molecule is O=c1[nH]c2c(n1Cc1ccccc1OC(F)(F)F)CN(NC[C@@H]1CCNC1)C=C2. The summed E-state index contributed by atoms with van der Waals surface area (Å²) in [6.45, 7) is 3.20. The lowest BCUT2D eigenvalue weighted by molar-refractivity contribution is -0.274. The first kappa shape index (κ1) is 19.6. The van der Waals surface area contributed by atoms with E-state index in [9.17, 15) is 18.0 Å². The summed E-state index contributed by atoms with van der Waals surface area (Å²) in [7, 11) is 0. The first-order chi connectivity index (χ1) is 13.9. The highest BCUT2D eigenvalue weighted by atomic mass is 19.4. The molecule has 2 aliphatic heterocycles. The van der Waals surface area contributed by atoms with E-state index >= 15 is 0 Å². The highest BCUT2D eigenvalue weighted by Crippen LogP contribution is 2.27. The standard InChI is InChI=1S/C19H22F3N5O2/c20-19(21,22)29-17-4-2-1-3-14(17)11-27-16-12-26(8-6-15(16)25-18(27)28)24-10-13-5-7-23-9-13/h1-4,6,8,13,23-24H,5,7,9-12H2,(H,25,28)/t13-/m1/s1. The second-order valence-corrected chi connectivity index (χ2v) is 7.20. The normalized spacial score (nSPS) is 18.9. The number of hydrazine groups is 1. The first-order valence-electron chi connectivity index (χ1n) is 9.43. The number of hydrogen-bond acceptors (Lipinski definition) is 5. The molecule has 1 aromatic carbocycles. The Bertz CT molecular complexity index is 944. The number of aromatic nitrogens is 2. The molecule has 1 fully saturated rings. The molecular formula is C19H22F3N5O2. The molecule has 0 radical (unpaired) electrons. The first-order valence-corrected chi connectivity index (χ1v) is 9.43. The summed E-state index contributed by atoms with van der Waals surface area (Å²) in [5.74, 6) is 0.238. The lowest BCUT2D eigenvalue weighted by Crippen LogP contribution is -2.39. The number of halogens is 3. The molecule has 1 aromatic heterocycles. The molecule has 2 aliphatic rings. The Balaban J connectivity index is 1.52. The average molecular weight is 409 g/mol. The van der Waals surface area contributed by atoms with Gasteiger partial charge in [0.15, 0.2) is 0 Å². The Labute approximate surface area is 165 Å². The van der Waals surface area contributed by atoms with Gasteiger partial charge in [-0.05, 0) is 37.6 Å². The van der Waals surface area contributed by atoms with Gasteiger partial charge in [0.2, 0.25) is 0 Å². The van der Waals surface area contributed by atoms with Crippen LogP contribution >= 0.6 is 0 Å². The van der Waals surface area contributed by atoms with E-state index in [1.165, 1.54) is 22.8 Å². The Morgan fingerprint density at radius 3 is 2.86 bits per heavy atom. The van der Waals surface area contributed by atoms with E-state index in [-0.39, 0.29) is 23.5 Å². The van der Waals surface area contributed by atoms with Gasteiger partial charge in [-0.15, -0.1) is 13.2 Å². The molecule has 1 saturated heterocycles. The molecule has 4 rings (SSSR count). The van der Waals surface area contributed by atoms with E-state index in [0.29, 0.717) is 23.9 Å². The van der Waals surface area contributed by atoms with Crippen LogP contribution in [0.25, 0.3) is 6.08 Å². The highest BCUT2D eigenvalue weighted by molar-refractivity contribution is 5.50. The molecule has 0 aliphatic carbocycles. The molecule has 0 unspecified atom stereocenters. The summed E-state index contributed by atoms with van der Waals surface area (Å²) in [6, 6.07) is 5.85. The van der Waals surface area contributed by atoms with Crippen molar-refractivity contribution < 1.29 is 17.9 Å². The highest BCUT2D eigenvalue weighted by Gasteiger charge is 2.32. The zero-order valence-corrected chi connectivity index (χ0v) is 15.6. The number of ether oxygens (including phenoxy) is 1. The number of imidazole rings is 1. The maximum absolute atomic E-state index is 12.7. The molecule has 0 spiro atoms. The summed E-state index contributed by atoms with van der Waals surface area (Å²) in [5.41, 5.74) is 4.62. The summed E-state index contributed by atoms with van der Waals surface area (Å²) < 4.78 is 43.6. The van der Waals surface area contributed by atoms with Crippen molar-refractivity contribution in [1.29, 1.82) is 0 Å². The molecule has 7 nitrogen and oxygen atoms in total. The number of nitrogens with one attached hydrogen (secondary N) is 3. The van der Waals surface area contributed by atoms with E-state index in [1.54, 1.807) is 12.1 Å². The van der Waals surface area contributed by atoms with Crippen molar-refractivity contribution in [2.75, 3.05) is 19.6 Å². The smallest absolute Gasteiger partial charge is 0.405 e. The van der Waals surface area contributed by atoms with Gasteiger partial charge < -0.3 is 20.0 Å². The Kier molecular flexibility index (Phi) is 5.37. The Morgan fingerprint density at radius 1 is 1.28 bits per heavy atom. The topological polar surface area (TPSA) is 74.3 Å². The van der Waals surface area contributed by atoms with Crippen LogP contribution in [0.4, 0.5) is 13.2 Å². The van der Waals surface area contributed by atoms with Crippen LogP contribution in [0.3, 0.4) is 0 Å². The monoisotopic (exact) mass is 409 g/mol. The maximum Gasteiger partial charge on any atom is 0.573 e. The van der Waals surface area contributed by atoms with Crippen molar-refractivity contribution in [3.8, 4) is 5.75 Å². The number of alkyl halides is 3. The minimum Gasteiger partial charge on any atom is -0.405 e. The van der Waals surface area contributed by atoms with Crippen LogP contribution in [-0.4, -0.2) is 40.6 Å². The minimum absolute atomic E-state index is 0.0227. The molecule has 1 atom stereocenters. The summed E-state index contributed by atoms with van der Waals surface area (Å²) in [5, 5.41) is 5.21. The van der Waals surface area contributed by atoms with Crippen LogP contribution in [0.1, 0.15) is 23.4 Å². The average Bonchev–Trinajstić information content (AvgIpc) is 3.28. The third-order valence-electron chi connectivity index (χ3n) is 5.14. The third-order valence-corrected chi connectivity index (χ3v) is 5.14. The van der Waals surface area contributed by atoms with Crippen molar-refractivity contribution in [2.45, 2.75) is 25.9 Å². The maximum atomic E-state index is 12.7. The van der Waals surface area contributed by atoms with Gasteiger partial charge in [-0.25, -0.2) is 10.2 Å². The number of fused-ring (bicyclic) bond motifs is 1. The van der Waals surface area contributed by atoms with Gasteiger partial charge >= 0.3 is 12.1 Å².